The van der Waals surface area contributed by atoms with E-state index in [4.69, 9.17) is 5.26 Å². The van der Waals surface area contributed by atoms with Gasteiger partial charge in [0.25, 0.3) is 0 Å². The maximum Gasteiger partial charge on any atom is 0.183 e. The Kier molecular flexibility index (Phi) is 3.69. The molecule has 1 aromatic carbocycles. The van der Waals surface area contributed by atoms with Gasteiger partial charge in [0.05, 0.1) is 16.9 Å². The Balaban J connectivity index is 3.09. The van der Waals surface area contributed by atoms with Gasteiger partial charge in [-0.25, -0.2) is 8.78 Å². The number of benzene rings is 1. The molecule has 1 rings (SSSR count). The van der Waals surface area contributed by atoms with E-state index in [2.05, 4.69) is 0 Å². The van der Waals surface area contributed by atoms with Gasteiger partial charge in [-0.1, -0.05) is 0 Å². The van der Waals surface area contributed by atoms with Crippen LogP contribution in [0.3, 0.4) is 0 Å². The fourth-order valence-electron chi connectivity index (χ4n) is 1.59. The summed E-state index contributed by atoms with van der Waals surface area (Å²) in [7, 11) is 1.54. The van der Waals surface area contributed by atoms with E-state index in [1.165, 1.54) is 17.0 Å². The zero-order valence-corrected chi connectivity index (χ0v) is 9.96. The van der Waals surface area contributed by atoms with Crippen LogP contribution in [0, 0.1) is 23.0 Å². The van der Waals surface area contributed by atoms with Crippen molar-refractivity contribution in [3.63, 3.8) is 0 Å². The Morgan fingerprint density at radius 1 is 1.35 bits per heavy atom. The normalized spacial score (nSPS) is 11.1. The van der Waals surface area contributed by atoms with Crippen LogP contribution in [0.15, 0.2) is 12.1 Å². The summed E-state index contributed by atoms with van der Waals surface area (Å²) < 4.78 is 27.0. The molecule has 1 aromatic rings. The molecule has 17 heavy (non-hydrogen) atoms. The van der Waals surface area contributed by atoms with Gasteiger partial charge in [0.15, 0.2) is 11.6 Å². The first-order chi connectivity index (χ1) is 7.76. The quantitative estimate of drug-likeness (QED) is 0.879. The third kappa shape index (κ3) is 3.14. The Bertz CT molecular complexity index is 461. The summed E-state index contributed by atoms with van der Waals surface area (Å²) in [6, 6.07) is 4.11. The minimum atomic E-state index is -1.16. The summed E-state index contributed by atoms with van der Waals surface area (Å²) in [5.41, 5.74) is -1.34. The highest BCUT2D eigenvalue weighted by atomic mass is 19.2. The zero-order valence-electron chi connectivity index (χ0n) is 9.96. The van der Waals surface area contributed by atoms with Crippen molar-refractivity contribution in [1.82, 2.24) is 0 Å². The first-order valence-electron chi connectivity index (χ1n) is 5.08. The van der Waals surface area contributed by atoms with Gasteiger partial charge in [0.1, 0.15) is 6.07 Å². The molecule has 0 aliphatic rings. The number of rotatable bonds is 3. The summed E-state index contributed by atoms with van der Waals surface area (Å²) in [5, 5.41) is 18.1. The lowest BCUT2D eigenvalue weighted by molar-refractivity contribution is 0.0884. The van der Waals surface area contributed by atoms with E-state index < -0.39 is 17.2 Å². The first kappa shape index (κ1) is 13.4. The fourth-order valence-corrected chi connectivity index (χ4v) is 1.59. The minimum Gasteiger partial charge on any atom is -0.389 e. The van der Waals surface area contributed by atoms with Crippen molar-refractivity contribution < 1.29 is 13.9 Å². The van der Waals surface area contributed by atoms with E-state index in [0.29, 0.717) is 0 Å². The molecule has 0 saturated heterocycles. The van der Waals surface area contributed by atoms with Crippen molar-refractivity contribution in [3.05, 3.63) is 29.3 Å². The SMILES string of the molecule is CN(CC(C)(C)O)c1ccc(C#N)c(F)c1F. The maximum absolute atomic E-state index is 13.6. The van der Waals surface area contributed by atoms with Crippen molar-refractivity contribution >= 4 is 5.69 Å². The van der Waals surface area contributed by atoms with E-state index in [1.54, 1.807) is 27.0 Å². The van der Waals surface area contributed by atoms with E-state index >= 15 is 0 Å². The van der Waals surface area contributed by atoms with Crippen LogP contribution in [-0.4, -0.2) is 24.3 Å². The van der Waals surface area contributed by atoms with Crippen LogP contribution < -0.4 is 4.90 Å². The second kappa shape index (κ2) is 4.68. The molecule has 0 unspecified atom stereocenters. The van der Waals surface area contributed by atoms with Crippen molar-refractivity contribution in [3.8, 4) is 6.07 Å². The van der Waals surface area contributed by atoms with E-state index in [9.17, 15) is 13.9 Å². The molecule has 0 radical (unpaired) electrons. The summed E-state index contributed by atoms with van der Waals surface area (Å²) in [4.78, 5) is 1.40. The lowest BCUT2D eigenvalue weighted by Gasteiger charge is -2.27. The number of hydrogen-bond acceptors (Lipinski definition) is 3. The smallest absolute Gasteiger partial charge is 0.183 e. The predicted octanol–water partition coefficient (Wildman–Crippen LogP) is 2.04. The first-order valence-corrected chi connectivity index (χ1v) is 5.08. The van der Waals surface area contributed by atoms with Gasteiger partial charge in [-0.05, 0) is 26.0 Å². The van der Waals surface area contributed by atoms with Crippen LogP contribution >= 0.6 is 0 Å². The summed E-state index contributed by atoms with van der Waals surface area (Å²) >= 11 is 0. The third-order valence-corrected chi connectivity index (χ3v) is 2.22. The molecular formula is C12H14F2N2O. The molecule has 0 heterocycles. The second-order valence-corrected chi connectivity index (χ2v) is 4.54. The molecule has 5 heteroatoms. The van der Waals surface area contributed by atoms with Gasteiger partial charge < -0.3 is 10.0 Å². The van der Waals surface area contributed by atoms with Gasteiger partial charge >= 0.3 is 0 Å². The number of nitrogens with zero attached hydrogens (tertiary/aromatic N) is 2. The third-order valence-electron chi connectivity index (χ3n) is 2.22. The molecule has 0 bridgehead atoms. The van der Waals surface area contributed by atoms with Gasteiger partial charge in [0, 0.05) is 13.6 Å². The lowest BCUT2D eigenvalue weighted by atomic mass is 10.1. The Morgan fingerprint density at radius 3 is 2.41 bits per heavy atom. The molecule has 0 atom stereocenters. The predicted molar refractivity (Wildman–Crippen MR) is 60.6 cm³/mol. The minimum absolute atomic E-state index is 0.0172. The van der Waals surface area contributed by atoms with Crippen LogP contribution in [0.5, 0.6) is 0 Å². The van der Waals surface area contributed by atoms with Crippen LogP contribution in [0.25, 0.3) is 0 Å². The monoisotopic (exact) mass is 240 g/mol. The Morgan fingerprint density at radius 2 is 1.94 bits per heavy atom. The average Bonchev–Trinajstić information content (AvgIpc) is 2.19. The summed E-state index contributed by atoms with van der Waals surface area (Å²) in [6.45, 7) is 3.29. The van der Waals surface area contributed by atoms with Gasteiger partial charge in [-0.3, -0.25) is 0 Å². The van der Waals surface area contributed by atoms with Gasteiger partial charge in [-0.2, -0.15) is 5.26 Å². The number of nitriles is 1. The molecule has 0 spiro atoms. The molecule has 1 N–H and O–H groups in total. The molecule has 92 valence electrons. The van der Waals surface area contributed by atoms with E-state index in [-0.39, 0.29) is 17.8 Å². The molecule has 0 aliphatic carbocycles. The van der Waals surface area contributed by atoms with E-state index in [1.807, 2.05) is 0 Å². The highest BCUT2D eigenvalue weighted by molar-refractivity contribution is 5.51. The largest absolute Gasteiger partial charge is 0.389 e. The van der Waals surface area contributed by atoms with Crippen LogP contribution in [-0.2, 0) is 0 Å². The topological polar surface area (TPSA) is 47.3 Å². The number of anilines is 1. The molecule has 0 fully saturated rings. The molecule has 3 nitrogen and oxygen atoms in total. The van der Waals surface area contributed by atoms with Crippen molar-refractivity contribution in [2.24, 2.45) is 0 Å². The number of aliphatic hydroxyl groups is 1. The number of halogens is 2. The Hall–Kier alpha value is -1.67. The van der Waals surface area contributed by atoms with E-state index in [0.717, 1.165) is 0 Å². The summed E-state index contributed by atoms with van der Waals surface area (Å²) in [6.07, 6.45) is 0. The van der Waals surface area contributed by atoms with Crippen LogP contribution in [0.4, 0.5) is 14.5 Å². The lowest BCUT2D eigenvalue weighted by Crippen LogP contribution is -2.36. The highest BCUT2D eigenvalue weighted by Gasteiger charge is 2.20. The average molecular weight is 240 g/mol. The molecule has 0 aliphatic heterocycles. The second-order valence-electron chi connectivity index (χ2n) is 4.54. The zero-order chi connectivity index (χ0) is 13.2. The van der Waals surface area contributed by atoms with Gasteiger partial charge in [-0.15, -0.1) is 0 Å². The van der Waals surface area contributed by atoms with Crippen molar-refractivity contribution in [2.75, 3.05) is 18.5 Å². The maximum atomic E-state index is 13.6. The van der Waals surface area contributed by atoms with Crippen molar-refractivity contribution in [2.45, 2.75) is 19.4 Å². The molecule has 0 aromatic heterocycles. The standard InChI is InChI=1S/C12H14F2N2O/c1-12(2,17)7-16(3)9-5-4-8(6-15)10(13)11(9)14/h4-5,17H,7H2,1-3H3. The Labute approximate surface area is 98.9 Å². The van der Waals surface area contributed by atoms with Crippen molar-refractivity contribution in [1.29, 1.82) is 5.26 Å². The molecular weight excluding hydrogens is 226 g/mol. The fraction of sp³-hybridized carbons (Fsp3) is 0.417. The number of hydrogen-bond donors (Lipinski definition) is 1. The molecule has 0 amide bonds. The van der Waals surface area contributed by atoms with Gasteiger partial charge in [0.2, 0.25) is 0 Å². The number of likely N-dealkylation sites (N-methyl/N-ethyl adjacent to an activating group) is 1. The van der Waals surface area contributed by atoms with Crippen LogP contribution in [0.2, 0.25) is 0 Å². The summed E-state index contributed by atoms with van der Waals surface area (Å²) in [5.74, 6) is -2.23. The van der Waals surface area contributed by atoms with Crippen LogP contribution in [0.1, 0.15) is 19.4 Å². The highest BCUT2D eigenvalue weighted by Crippen LogP contribution is 2.24. The molecule has 0 saturated carbocycles.